The van der Waals surface area contributed by atoms with Gasteiger partial charge < -0.3 is 10.2 Å². The van der Waals surface area contributed by atoms with E-state index in [2.05, 4.69) is 20.2 Å². The molecule has 5 nitrogen and oxygen atoms in total. The Balaban J connectivity index is 1.79. The standard InChI is InChI=1S/C13H17ClN4O/c1-8-7-18(5-4-10(8)19)12-6-11(15-9-2-3-9)16-13(14)17-12/h6,8-9H,2-5,7H2,1H3,(H,15,16,17). The Labute approximate surface area is 117 Å². The van der Waals surface area contributed by atoms with E-state index in [4.69, 9.17) is 11.6 Å². The highest BCUT2D eigenvalue weighted by molar-refractivity contribution is 6.28. The highest BCUT2D eigenvalue weighted by Crippen LogP contribution is 2.27. The summed E-state index contributed by atoms with van der Waals surface area (Å²) in [6.07, 6.45) is 2.95. The second-order valence-corrected chi connectivity index (χ2v) is 5.70. The number of rotatable bonds is 3. The van der Waals surface area contributed by atoms with Gasteiger partial charge in [-0.05, 0) is 24.4 Å². The SMILES string of the molecule is CC1CN(c2cc(NC3CC3)nc(Cl)n2)CCC1=O. The number of halogens is 1. The lowest BCUT2D eigenvalue weighted by molar-refractivity contribution is -0.122. The number of Topliss-reactive ketones (excluding diaryl/α,β-unsaturated/α-hetero) is 1. The van der Waals surface area contributed by atoms with Crippen LogP contribution in [0.15, 0.2) is 6.07 Å². The van der Waals surface area contributed by atoms with E-state index in [0.717, 1.165) is 11.6 Å². The summed E-state index contributed by atoms with van der Waals surface area (Å²) in [5.74, 6) is 1.97. The van der Waals surface area contributed by atoms with Gasteiger partial charge in [0, 0.05) is 37.5 Å². The Morgan fingerprint density at radius 2 is 2.21 bits per heavy atom. The van der Waals surface area contributed by atoms with Crippen LogP contribution in [0.5, 0.6) is 0 Å². The molecule has 1 saturated heterocycles. The Hall–Kier alpha value is -1.36. The molecule has 1 aromatic heterocycles. The summed E-state index contributed by atoms with van der Waals surface area (Å²) in [4.78, 5) is 22.1. The molecule has 1 atom stereocenters. The topological polar surface area (TPSA) is 58.1 Å². The summed E-state index contributed by atoms with van der Waals surface area (Å²) in [5.41, 5.74) is 0. The molecule has 1 N–H and O–H groups in total. The van der Waals surface area contributed by atoms with Gasteiger partial charge in [-0.1, -0.05) is 6.92 Å². The number of aromatic nitrogens is 2. The first kappa shape index (κ1) is 12.7. The van der Waals surface area contributed by atoms with Crippen molar-refractivity contribution in [1.82, 2.24) is 9.97 Å². The normalized spacial score (nSPS) is 23.6. The van der Waals surface area contributed by atoms with Gasteiger partial charge in [-0.15, -0.1) is 0 Å². The van der Waals surface area contributed by atoms with E-state index in [0.29, 0.717) is 31.3 Å². The van der Waals surface area contributed by atoms with Crippen molar-refractivity contribution < 1.29 is 4.79 Å². The number of nitrogens with zero attached hydrogens (tertiary/aromatic N) is 3. The lowest BCUT2D eigenvalue weighted by atomic mass is 9.99. The number of carbonyl (C=O) groups excluding carboxylic acids is 1. The fourth-order valence-corrected chi connectivity index (χ4v) is 2.48. The molecule has 6 heteroatoms. The van der Waals surface area contributed by atoms with Crippen molar-refractivity contribution in [3.05, 3.63) is 11.3 Å². The summed E-state index contributed by atoms with van der Waals surface area (Å²) in [5, 5.41) is 3.58. The van der Waals surface area contributed by atoms with Gasteiger partial charge in [0.05, 0.1) is 0 Å². The quantitative estimate of drug-likeness (QED) is 0.860. The lowest BCUT2D eigenvalue weighted by Crippen LogP contribution is -2.40. The lowest BCUT2D eigenvalue weighted by Gasteiger charge is -2.31. The maximum absolute atomic E-state index is 11.6. The Morgan fingerprint density at radius 3 is 2.89 bits per heavy atom. The van der Waals surface area contributed by atoms with Gasteiger partial charge in [-0.25, -0.2) is 9.97 Å². The molecule has 2 aliphatic rings. The summed E-state index contributed by atoms with van der Waals surface area (Å²) >= 11 is 5.98. The number of hydrogen-bond acceptors (Lipinski definition) is 5. The first-order chi connectivity index (χ1) is 9.11. The molecule has 0 amide bonds. The number of nitrogens with one attached hydrogen (secondary N) is 1. The third-order valence-corrected chi connectivity index (χ3v) is 3.78. The first-order valence-electron chi connectivity index (χ1n) is 6.70. The fourth-order valence-electron chi connectivity index (χ4n) is 2.30. The van der Waals surface area contributed by atoms with Crippen LogP contribution in [-0.4, -0.2) is 34.9 Å². The van der Waals surface area contributed by atoms with Crippen molar-refractivity contribution in [2.24, 2.45) is 5.92 Å². The third-order valence-electron chi connectivity index (χ3n) is 3.61. The molecule has 102 valence electrons. The maximum Gasteiger partial charge on any atom is 0.226 e. The van der Waals surface area contributed by atoms with Crippen molar-refractivity contribution in [3.8, 4) is 0 Å². The Bertz CT molecular complexity index is 503. The van der Waals surface area contributed by atoms with E-state index in [9.17, 15) is 4.79 Å². The minimum absolute atomic E-state index is 0.0577. The highest BCUT2D eigenvalue weighted by atomic mass is 35.5. The molecule has 1 aliphatic heterocycles. The maximum atomic E-state index is 11.6. The smallest absolute Gasteiger partial charge is 0.226 e. The molecule has 0 spiro atoms. The summed E-state index contributed by atoms with van der Waals surface area (Å²) < 4.78 is 0. The van der Waals surface area contributed by atoms with Crippen LogP contribution in [0.2, 0.25) is 5.28 Å². The highest BCUT2D eigenvalue weighted by Gasteiger charge is 2.26. The van der Waals surface area contributed by atoms with Crippen LogP contribution < -0.4 is 10.2 Å². The van der Waals surface area contributed by atoms with Gasteiger partial charge in [0.2, 0.25) is 5.28 Å². The van der Waals surface area contributed by atoms with Crippen LogP contribution in [0.25, 0.3) is 0 Å². The Morgan fingerprint density at radius 1 is 1.42 bits per heavy atom. The number of carbonyl (C=O) groups is 1. The number of anilines is 2. The minimum atomic E-state index is 0.0577. The largest absolute Gasteiger partial charge is 0.367 e. The van der Waals surface area contributed by atoms with Crippen LogP contribution in [-0.2, 0) is 4.79 Å². The zero-order valence-corrected chi connectivity index (χ0v) is 11.7. The van der Waals surface area contributed by atoms with Crippen molar-refractivity contribution in [2.45, 2.75) is 32.2 Å². The molecule has 1 aliphatic carbocycles. The molecule has 2 heterocycles. The van der Waals surface area contributed by atoms with Crippen LogP contribution in [0.1, 0.15) is 26.2 Å². The van der Waals surface area contributed by atoms with Crippen LogP contribution >= 0.6 is 11.6 Å². The average molecular weight is 281 g/mol. The average Bonchev–Trinajstić information content (AvgIpc) is 3.16. The molecule has 19 heavy (non-hydrogen) atoms. The molecule has 1 aromatic rings. The zero-order valence-electron chi connectivity index (χ0n) is 10.9. The van der Waals surface area contributed by atoms with Gasteiger partial charge in [0.25, 0.3) is 0 Å². The van der Waals surface area contributed by atoms with E-state index in [1.807, 2.05) is 13.0 Å². The molecule has 0 radical (unpaired) electrons. The molecule has 0 aromatic carbocycles. The summed E-state index contributed by atoms with van der Waals surface area (Å²) in [6, 6.07) is 2.45. The zero-order chi connectivity index (χ0) is 13.4. The Kier molecular flexibility index (Phi) is 3.31. The fraction of sp³-hybridized carbons (Fsp3) is 0.615. The van der Waals surface area contributed by atoms with E-state index < -0.39 is 0 Å². The van der Waals surface area contributed by atoms with E-state index >= 15 is 0 Å². The van der Waals surface area contributed by atoms with Gasteiger partial charge in [0.1, 0.15) is 17.4 Å². The minimum Gasteiger partial charge on any atom is -0.367 e. The monoisotopic (exact) mass is 280 g/mol. The molecule has 2 fully saturated rings. The molecular formula is C13H17ClN4O. The van der Waals surface area contributed by atoms with E-state index in [1.54, 1.807) is 0 Å². The number of ketones is 1. The van der Waals surface area contributed by atoms with Gasteiger partial charge in [-0.3, -0.25) is 4.79 Å². The number of hydrogen-bond donors (Lipinski definition) is 1. The van der Waals surface area contributed by atoms with Gasteiger partial charge >= 0.3 is 0 Å². The summed E-state index contributed by atoms with van der Waals surface area (Å²) in [7, 11) is 0. The predicted octanol–water partition coefficient (Wildman–Crippen LogP) is 2.12. The summed E-state index contributed by atoms with van der Waals surface area (Å²) in [6.45, 7) is 3.37. The van der Waals surface area contributed by atoms with Crippen LogP contribution in [0.4, 0.5) is 11.6 Å². The van der Waals surface area contributed by atoms with Crippen LogP contribution in [0, 0.1) is 5.92 Å². The van der Waals surface area contributed by atoms with E-state index in [1.165, 1.54) is 12.8 Å². The molecular weight excluding hydrogens is 264 g/mol. The first-order valence-corrected chi connectivity index (χ1v) is 7.08. The van der Waals surface area contributed by atoms with Crippen molar-refractivity contribution >= 4 is 29.0 Å². The van der Waals surface area contributed by atoms with Crippen molar-refractivity contribution in [1.29, 1.82) is 0 Å². The van der Waals surface area contributed by atoms with Crippen LogP contribution in [0.3, 0.4) is 0 Å². The van der Waals surface area contributed by atoms with Gasteiger partial charge in [0.15, 0.2) is 0 Å². The second-order valence-electron chi connectivity index (χ2n) is 5.36. The molecule has 1 saturated carbocycles. The molecule has 3 rings (SSSR count). The molecule has 0 bridgehead atoms. The predicted molar refractivity (Wildman–Crippen MR) is 74.7 cm³/mol. The van der Waals surface area contributed by atoms with Crippen molar-refractivity contribution in [3.63, 3.8) is 0 Å². The molecule has 1 unspecified atom stereocenters. The second kappa shape index (κ2) is 4.96. The number of piperidine rings is 1. The van der Waals surface area contributed by atoms with E-state index in [-0.39, 0.29) is 11.2 Å². The van der Waals surface area contributed by atoms with Crippen molar-refractivity contribution in [2.75, 3.05) is 23.3 Å². The third kappa shape index (κ3) is 2.97. The van der Waals surface area contributed by atoms with Gasteiger partial charge in [-0.2, -0.15) is 0 Å².